The molecular weight excluding hydrogens is 180 g/mol. The molecule has 3 nitrogen and oxygen atoms in total. The van der Waals surface area contributed by atoms with Crippen molar-refractivity contribution in [2.45, 2.75) is 39.2 Å². The van der Waals surface area contributed by atoms with Crippen LogP contribution in [0.2, 0.25) is 0 Å². The maximum atomic E-state index is 11.3. The number of esters is 1. The number of hydrogen-bond donors (Lipinski definition) is 1. The van der Waals surface area contributed by atoms with E-state index in [0.29, 0.717) is 12.8 Å². The highest BCUT2D eigenvalue weighted by Crippen LogP contribution is 2.19. The Morgan fingerprint density at radius 3 is 2.50 bits per heavy atom. The van der Waals surface area contributed by atoms with Crippen LogP contribution in [0.1, 0.15) is 33.1 Å². The van der Waals surface area contributed by atoms with Gasteiger partial charge in [-0.25, -0.2) is 0 Å². The number of rotatable bonds is 6. The fourth-order valence-electron chi connectivity index (χ4n) is 1.40. The fourth-order valence-corrected chi connectivity index (χ4v) is 1.40. The van der Waals surface area contributed by atoms with Crippen molar-refractivity contribution in [3.05, 3.63) is 12.2 Å². The van der Waals surface area contributed by atoms with E-state index in [4.69, 9.17) is 0 Å². The number of methoxy groups -OCH3 is 1. The molecule has 0 saturated carbocycles. The lowest BCUT2D eigenvalue weighted by molar-refractivity contribution is -0.149. The lowest BCUT2D eigenvalue weighted by atomic mass is 9.92. The number of hydrogen-bond acceptors (Lipinski definition) is 3. The summed E-state index contributed by atoms with van der Waals surface area (Å²) in [5, 5.41) is 9.72. The molecule has 0 aliphatic rings. The van der Waals surface area contributed by atoms with Crippen LogP contribution in [0.25, 0.3) is 0 Å². The van der Waals surface area contributed by atoms with E-state index < -0.39 is 12.0 Å². The van der Waals surface area contributed by atoms with Gasteiger partial charge in [-0.15, -0.1) is 6.58 Å². The Bertz CT molecular complexity index is 199. The first-order valence-corrected chi connectivity index (χ1v) is 4.93. The molecule has 0 radical (unpaired) electrons. The largest absolute Gasteiger partial charge is 0.469 e. The van der Waals surface area contributed by atoms with Crippen molar-refractivity contribution in [3.63, 3.8) is 0 Å². The minimum absolute atomic E-state index is 0.353. The lowest BCUT2D eigenvalue weighted by Crippen LogP contribution is -2.29. The van der Waals surface area contributed by atoms with Gasteiger partial charge in [0.15, 0.2) is 0 Å². The lowest BCUT2D eigenvalue weighted by Gasteiger charge is -2.20. The fraction of sp³-hybridized carbons (Fsp3) is 0.727. The van der Waals surface area contributed by atoms with Crippen LogP contribution in [0.5, 0.6) is 0 Å². The van der Waals surface area contributed by atoms with Crippen LogP contribution < -0.4 is 0 Å². The summed E-state index contributed by atoms with van der Waals surface area (Å²) >= 11 is 0. The minimum atomic E-state index is -0.621. The first-order chi connectivity index (χ1) is 6.52. The number of aliphatic hydroxyl groups excluding tert-OH is 1. The number of aliphatic hydroxyl groups is 1. The van der Waals surface area contributed by atoms with Crippen LogP contribution >= 0.6 is 0 Å². The standard InChI is InChI=1S/C11H20O3/c1-5-6-10(12)9(7-8(2)3)11(13)14-4/h9-10,12H,2,5-7H2,1,3-4H3/t9-,10-/m1/s1. The molecular formula is C11H20O3. The molecule has 0 spiro atoms. The molecule has 0 rings (SSSR count). The van der Waals surface area contributed by atoms with Crippen molar-refractivity contribution in [1.29, 1.82) is 0 Å². The summed E-state index contributed by atoms with van der Waals surface area (Å²) in [4.78, 5) is 11.3. The zero-order valence-corrected chi connectivity index (χ0v) is 9.25. The van der Waals surface area contributed by atoms with Crippen LogP contribution in [-0.2, 0) is 9.53 Å². The third-order valence-electron chi connectivity index (χ3n) is 2.12. The smallest absolute Gasteiger partial charge is 0.311 e. The molecule has 0 bridgehead atoms. The van der Waals surface area contributed by atoms with E-state index in [-0.39, 0.29) is 5.97 Å². The molecule has 0 unspecified atom stereocenters. The molecule has 0 saturated heterocycles. The van der Waals surface area contributed by atoms with Gasteiger partial charge in [0.2, 0.25) is 0 Å². The van der Waals surface area contributed by atoms with Gasteiger partial charge < -0.3 is 9.84 Å². The van der Waals surface area contributed by atoms with Crippen LogP contribution in [0.15, 0.2) is 12.2 Å². The quantitative estimate of drug-likeness (QED) is 0.526. The van der Waals surface area contributed by atoms with Gasteiger partial charge in [-0.05, 0) is 19.8 Å². The van der Waals surface area contributed by atoms with E-state index in [9.17, 15) is 9.90 Å². The highest BCUT2D eigenvalue weighted by molar-refractivity contribution is 5.73. The highest BCUT2D eigenvalue weighted by Gasteiger charge is 2.26. The highest BCUT2D eigenvalue weighted by atomic mass is 16.5. The second-order valence-electron chi connectivity index (χ2n) is 3.65. The summed E-state index contributed by atoms with van der Waals surface area (Å²) in [6.45, 7) is 7.55. The maximum absolute atomic E-state index is 11.3. The average molecular weight is 200 g/mol. The SMILES string of the molecule is C=C(C)C[C@@H](C(=O)OC)[C@H](O)CCC. The molecule has 0 heterocycles. The predicted molar refractivity (Wildman–Crippen MR) is 55.9 cm³/mol. The Balaban J connectivity index is 4.37. The summed E-state index contributed by atoms with van der Waals surface area (Å²) in [5.74, 6) is -0.814. The Labute approximate surface area is 85.8 Å². The third kappa shape index (κ3) is 4.42. The average Bonchev–Trinajstić information content (AvgIpc) is 2.13. The van der Waals surface area contributed by atoms with Crippen molar-refractivity contribution >= 4 is 5.97 Å². The molecule has 0 aromatic carbocycles. The van der Waals surface area contributed by atoms with E-state index in [1.165, 1.54) is 7.11 Å². The molecule has 0 amide bonds. The Kier molecular flexibility index (Phi) is 6.21. The summed E-state index contributed by atoms with van der Waals surface area (Å²) in [5.41, 5.74) is 0.885. The van der Waals surface area contributed by atoms with E-state index >= 15 is 0 Å². The Morgan fingerprint density at radius 2 is 2.14 bits per heavy atom. The van der Waals surface area contributed by atoms with Crippen molar-refractivity contribution < 1.29 is 14.6 Å². The van der Waals surface area contributed by atoms with Gasteiger partial charge in [-0.1, -0.05) is 18.9 Å². The van der Waals surface area contributed by atoms with Crippen molar-refractivity contribution in [1.82, 2.24) is 0 Å². The zero-order chi connectivity index (χ0) is 11.1. The molecule has 0 aromatic heterocycles. The number of carbonyl (C=O) groups is 1. The summed E-state index contributed by atoms with van der Waals surface area (Å²) in [6, 6.07) is 0. The second kappa shape index (κ2) is 6.60. The third-order valence-corrected chi connectivity index (χ3v) is 2.12. The number of allylic oxidation sites excluding steroid dienone is 1. The van der Waals surface area contributed by atoms with Gasteiger partial charge >= 0.3 is 5.97 Å². The van der Waals surface area contributed by atoms with E-state index in [0.717, 1.165) is 12.0 Å². The second-order valence-corrected chi connectivity index (χ2v) is 3.65. The molecule has 3 heteroatoms. The van der Waals surface area contributed by atoms with Gasteiger partial charge in [0.25, 0.3) is 0 Å². The Hall–Kier alpha value is -0.830. The van der Waals surface area contributed by atoms with Gasteiger partial charge in [0.1, 0.15) is 0 Å². The molecule has 1 N–H and O–H groups in total. The molecule has 14 heavy (non-hydrogen) atoms. The summed E-state index contributed by atoms with van der Waals surface area (Å²) < 4.78 is 4.64. The minimum Gasteiger partial charge on any atom is -0.469 e. The molecule has 0 fully saturated rings. The Morgan fingerprint density at radius 1 is 1.57 bits per heavy atom. The van der Waals surface area contributed by atoms with Gasteiger partial charge in [-0.2, -0.15) is 0 Å². The number of carbonyl (C=O) groups excluding carboxylic acids is 1. The van der Waals surface area contributed by atoms with Gasteiger partial charge in [0, 0.05) is 0 Å². The van der Waals surface area contributed by atoms with Crippen LogP contribution in [0.3, 0.4) is 0 Å². The van der Waals surface area contributed by atoms with E-state index in [1.54, 1.807) is 0 Å². The van der Waals surface area contributed by atoms with Crippen LogP contribution in [0, 0.1) is 5.92 Å². The number of ether oxygens (including phenoxy) is 1. The maximum Gasteiger partial charge on any atom is 0.311 e. The van der Waals surface area contributed by atoms with Crippen LogP contribution in [-0.4, -0.2) is 24.3 Å². The monoisotopic (exact) mass is 200 g/mol. The summed E-state index contributed by atoms with van der Waals surface area (Å²) in [7, 11) is 1.34. The van der Waals surface area contributed by atoms with E-state index in [2.05, 4.69) is 11.3 Å². The van der Waals surface area contributed by atoms with Crippen LogP contribution in [0.4, 0.5) is 0 Å². The predicted octanol–water partition coefficient (Wildman–Crippen LogP) is 1.90. The van der Waals surface area contributed by atoms with Crippen molar-refractivity contribution in [3.8, 4) is 0 Å². The first-order valence-electron chi connectivity index (χ1n) is 4.93. The van der Waals surface area contributed by atoms with E-state index in [1.807, 2.05) is 13.8 Å². The molecule has 0 aromatic rings. The summed E-state index contributed by atoms with van der Waals surface area (Å²) in [6.07, 6.45) is 1.34. The first kappa shape index (κ1) is 13.2. The zero-order valence-electron chi connectivity index (χ0n) is 9.25. The molecule has 0 aliphatic carbocycles. The van der Waals surface area contributed by atoms with Crippen molar-refractivity contribution in [2.24, 2.45) is 5.92 Å². The molecule has 0 aliphatic heterocycles. The topological polar surface area (TPSA) is 46.5 Å². The normalized spacial score (nSPS) is 14.6. The van der Waals surface area contributed by atoms with Gasteiger partial charge in [-0.3, -0.25) is 4.79 Å². The van der Waals surface area contributed by atoms with Gasteiger partial charge in [0.05, 0.1) is 19.1 Å². The molecule has 2 atom stereocenters. The molecule has 82 valence electrons. The van der Waals surface area contributed by atoms with Crippen molar-refractivity contribution in [2.75, 3.05) is 7.11 Å².